The summed E-state index contributed by atoms with van der Waals surface area (Å²) in [7, 11) is 1.28. The first-order chi connectivity index (χ1) is 24.1. The van der Waals surface area contributed by atoms with E-state index in [-0.39, 0.29) is 43.1 Å². The van der Waals surface area contributed by atoms with Crippen LogP contribution in [-0.2, 0) is 46.4 Å². The summed E-state index contributed by atoms with van der Waals surface area (Å²) in [5, 5.41) is 11.2. The third kappa shape index (κ3) is 13.8. The van der Waals surface area contributed by atoms with Crippen molar-refractivity contribution < 1.29 is 38.2 Å². The number of hydrogen-bond donors (Lipinski definition) is 4. The molecular weight excluding hydrogens is 666 g/mol. The molecule has 0 radical (unpaired) electrons. The normalized spacial score (nSPS) is 16.8. The molecule has 292 valence electrons. The predicted octanol–water partition coefficient (Wildman–Crippen LogP) is 4.25. The number of rotatable bonds is 16. The Morgan fingerprint density at radius 2 is 1.19 bits per heavy atom. The third-order valence-corrected chi connectivity index (χ3v) is 8.63. The molecule has 0 spiro atoms. The van der Waals surface area contributed by atoms with Crippen molar-refractivity contribution in [3.8, 4) is 0 Å². The Bertz CT molecular complexity index is 1400. The monoisotopic (exact) mass is 729 g/mol. The van der Waals surface area contributed by atoms with Gasteiger partial charge in [-0.05, 0) is 74.8 Å². The molecule has 1 heterocycles. The molecule has 13 heteroatoms. The van der Waals surface area contributed by atoms with E-state index < -0.39 is 71.5 Å². The van der Waals surface area contributed by atoms with Crippen LogP contribution in [0, 0.1) is 23.7 Å². The van der Waals surface area contributed by atoms with Crippen molar-refractivity contribution in [2.75, 3.05) is 7.11 Å². The number of hydrogen-bond acceptors (Lipinski definition) is 8. The van der Waals surface area contributed by atoms with E-state index in [2.05, 4.69) is 21.3 Å². The van der Waals surface area contributed by atoms with Gasteiger partial charge in [-0.2, -0.15) is 0 Å². The van der Waals surface area contributed by atoms with Gasteiger partial charge in [0.2, 0.25) is 23.6 Å². The van der Waals surface area contributed by atoms with Crippen molar-refractivity contribution in [1.29, 1.82) is 0 Å². The highest BCUT2D eigenvalue weighted by atomic mass is 16.6. The highest BCUT2D eigenvalue weighted by Crippen LogP contribution is 2.26. The molecule has 1 aliphatic rings. The zero-order chi connectivity index (χ0) is 39.5. The van der Waals surface area contributed by atoms with Gasteiger partial charge in [-0.15, -0.1) is 0 Å². The second-order valence-corrected chi connectivity index (χ2v) is 16.4. The number of carbonyl (C=O) groups is 6. The predicted molar refractivity (Wildman–Crippen MR) is 199 cm³/mol. The first-order valence-electron chi connectivity index (χ1n) is 18.5. The minimum absolute atomic E-state index is 0.00443. The van der Waals surface area contributed by atoms with Gasteiger partial charge in [0, 0.05) is 13.0 Å². The third-order valence-electron chi connectivity index (χ3n) is 8.63. The van der Waals surface area contributed by atoms with Crippen LogP contribution in [0.1, 0.15) is 107 Å². The zero-order valence-corrected chi connectivity index (χ0v) is 33.3. The van der Waals surface area contributed by atoms with Gasteiger partial charge in [0.05, 0.1) is 7.11 Å². The maximum atomic E-state index is 14.2. The van der Waals surface area contributed by atoms with Crippen LogP contribution < -0.4 is 21.3 Å². The second kappa shape index (κ2) is 19.6. The van der Waals surface area contributed by atoms with Gasteiger partial charge in [-0.3, -0.25) is 19.2 Å². The molecule has 0 aromatic heterocycles. The molecule has 0 saturated carbocycles. The van der Waals surface area contributed by atoms with Crippen LogP contribution in [0.2, 0.25) is 0 Å². The number of alkyl carbamates (subject to hydrolysis) is 1. The van der Waals surface area contributed by atoms with Gasteiger partial charge in [0.1, 0.15) is 35.8 Å². The quantitative estimate of drug-likeness (QED) is 0.183. The van der Waals surface area contributed by atoms with Crippen molar-refractivity contribution >= 4 is 35.7 Å². The largest absolute Gasteiger partial charge is 0.467 e. The fourth-order valence-electron chi connectivity index (χ4n) is 6.17. The van der Waals surface area contributed by atoms with E-state index in [1.54, 1.807) is 34.6 Å². The summed E-state index contributed by atoms with van der Waals surface area (Å²) in [4.78, 5) is 82.5. The van der Waals surface area contributed by atoms with Crippen molar-refractivity contribution in [2.24, 2.45) is 23.7 Å². The smallest absolute Gasteiger partial charge is 0.408 e. The molecule has 1 aromatic rings. The molecule has 5 amide bonds. The van der Waals surface area contributed by atoms with E-state index in [1.165, 1.54) is 12.0 Å². The maximum Gasteiger partial charge on any atom is 0.408 e. The Labute approximate surface area is 310 Å². The molecule has 52 heavy (non-hydrogen) atoms. The summed E-state index contributed by atoms with van der Waals surface area (Å²) in [6.07, 6.45) is 0.416. The minimum atomic E-state index is -1.05. The molecule has 0 saturated heterocycles. The molecule has 13 nitrogen and oxygen atoms in total. The van der Waals surface area contributed by atoms with E-state index in [1.807, 2.05) is 65.8 Å². The van der Waals surface area contributed by atoms with Crippen molar-refractivity contribution in [1.82, 2.24) is 26.2 Å². The van der Waals surface area contributed by atoms with E-state index in [4.69, 9.17) is 9.47 Å². The number of methoxy groups -OCH3 is 1. The Kier molecular flexibility index (Phi) is 16.6. The molecule has 0 unspecified atom stereocenters. The first-order valence-corrected chi connectivity index (χ1v) is 18.5. The van der Waals surface area contributed by atoms with Crippen LogP contribution in [-0.4, -0.2) is 83.5 Å². The van der Waals surface area contributed by atoms with Gasteiger partial charge < -0.3 is 35.6 Å². The topological polar surface area (TPSA) is 172 Å². The Hall–Kier alpha value is -4.16. The highest BCUT2D eigenvalue weighted by Gasteiger charge is 2.40. The van der Waals surface area contributed by atoms with E-state index >= 15 is 0 Å². The summed E-state index contributed by atoms with van der Waals surface area (Å²) < 4.78 is 10.4. The van der Waals surface area contributed by atoms with Gasteiger partial charge in [0.15, 0.2) is 0 Å². The molecule has 4 N–H and O–H groups in total. The number of nitrogens with zero attached hydrogens (tertiary/aromatic N) is 1. The van der Waals surface area contributed by atoms with Crippen LogP contribution in [0.4, 0.5) is 4.79 Å². The van der Waals surface area contributed by atoms with Crippen LogP contribution in [0.3, 0.4) is 0 Å². The van der Waals surface area contributed by atoms with Gasteiger partial charge in [-0.1, -0.05) is 79.7 Å². The molecule has 1 aliphatic heterocycles. The molecule has 0 aliphatic carbocycles. The fourth-order valence-corrected chi connectivity index (χ4v) is 6.17. The first kappa shape index (κ1) is 44.0. The molecule has 0 fully saturated rings. The standard InChI is InChI=1S/C39H63N5O8/c1-22(2)17-28(40-33(45)29(18-23(3)4)42-38(50)52-39(9,10)11)34(46)43-32(25(7)8)35(47)41-30(19-24(5)6)36(48)44-21-27-16-14-13-15-26(27)20-31(44)37(49)51-12/h13-16,22-25,28-32H,17-21H2,1-12H3,(H,40,45)(H,41,47)(H,42,50)(H,43,46)/t28-,29-,30-,31-,32-/m0/s1. The number of amides is 5. The van der Waals surface area contributed by atoms with Crippen LogP contribution in [0.5, 0.6) is 0 Å². The molecule has 1 aromatic carbocycles. The Morgan fingerprint density at radius 1 is 0.712 bits per heavy atom. The van der Waals surface area contributed by atoms with Crippen molar-refractivity contribution in [3.63, 3.8) is 0 Å². The molecule has 0 bridgehead atoms. The maximum absolute atomic E-state index is 14.2. The average molecular weight is 730 g/mol. The van der Waals surface area contributed by atoms with Gasteiger partial charge >= 0.3 is 12.1 Å². The lowest BCUT2D eigenvalue weighted by Crippen LogP contribution is -2.61. The number of fused-ring (bicyclic) bond motifs is 1. The fraction of sp³-hybridized carbons (Fsp3) is 0.692. The number of esters is 1. The van der Waals surface area contributed by atoms with Gasteiger partial charge in [0.25, 0.3) is 0 Å². The lowest BCUT2D eigenvalue weighted by Gasteiger charge is -2.38. The van der Waals surface area contributed by atoms with Crippen LogP contribution >= 0.6 is 0 Å². The molecule has 2 rings (SSSR count). The number of nitrogens with one attached hydrogen (secondary N) is 4. The van der Waals surface area contributed by atoms with E-state index in [0.717, 1.165) is 11.1 Å². The molecule has 5 atom stereocenters. The number of benzene rings is 1. The summed E-state index contributed by atoms with van der Waals surface area (Å²) in [6, 6.07) is 2.73. The number of carbonyl (C=O) groups excluding carboxylic acids is 6. The van der Waals surface area contributed by atoms with Crippen molar-refractivity contribution in [2.45, 2.75) is 144 Å². The van der Waals surface area contributed by atoms with Gasteiger partial charge in [-0.25, -0.2) is 9.59 Å². The average Bonchev–Trinajstić information content (AvgIpc) is 3.02. The van der Waals surface area contributed by atoms with Crippen molar-refractivity contribution in [3.05, 3.63) is 35.4 Å². The van der Waals surface area contributed by atoms with E-state index in [9.17, 15) is 28.8 Å². The zero-order valence-electron chi connectivity index (χ0n) is 33.3. The Morgan fingerprint density at radius 3 is 1.69 bits per heavy atom. The number of ether oxygens (including phenoxy) is 2. The van der Waals surface area contributed by atoms with Crippen LogP contribution in [0.25, 0.3) is 0 Å². The molecular formula is C39H63N5O8. The van der Waals surface area contributed by atoms with Crippen LogP contribution in [0.15, 0.2) is 24.3 Å². The highest BCUT2D eigenvalue weighted by molar-refractivity contribution is 5.96. The summed E-state index contributed by atoms with van der Waals surface area (Å²) >= 11 is 0. The minimum Gasteiger partial charge on any atom is -0.467 e. The SMILES string of the molecule is COC(=O)[C@@H]1Cc2ccccc2CN1C(=O)[C@H](CC(C)C)NC(=O)[C@@H](NC(=O)[C@H](CC(C)C)NC(=O)[C@H](CC(C)C)NC(=O)OC(C)(C)C)C(C)C. The lowest BCUT2D eigenvalue weighted by molar-refractivity contribution is -0.155. The summed E-state index contributed by atoms with van der Waals surface area (Å²) in [6.45, 7) is 20.4. The summed E-state index contributed by atoms with van der Waals surface area (Å²) in [5.74, 6) is -2.97. The van der Waals surface area contributed by atoms with E-state index in [0.29, 0.717) is 12.8 Å². The lowest BCUT2D eigenvalue weighted by atomic mass is 9.92. The Balaban J connectivity index is 2.31. The summed E-state index contributed by atoms with van der Waals surface area (Å²) in [5.41, 5.74) is 1.09. The second-order valence-electron chi connectivity index (χ2n) is 16.4.